The monoisotopic (exact) mass is 310 g/mol. The van der Waals surface area contributed by atoms with Crippen LogP contribution in [0.3, 0.4) is 0 Å². The molecule has 1 atom stereocenters. The zero-order chi connectivity index (χ0) is 14.6. The molecule has 1 unspecified atom stereocenters. The van der Waals surface area contributed by atoms with E-state index in [2.05, 4.69) is 15.5 Å². The van der Waals surface area contributed by atoms with Gasteiger partial charge in [-0.25, -0.2) is 0 Å². The van der Waals surface area contributed by atoms with Crippen LogP contribution in [0.2, 0.25) is 0 Å². The second-order valence-corrected chi connectivity index (χ2v) is 6.20. The Morgan fingerprint density at radius 1 is 1.45 bits per heavy atom. The number of aromatic nitrogens is 2. The van der Waals surface area contributed by atoms with Gasteiger partial charge in [0, 0.05) is 12.8 Å². The van der Waals surface area contributed by atoms with Gasteiger partial charge in [0.15, 0.2) is 9.94 Å². The lowest BCUT2D eigenvalue weighted by Crippen LogP contribution is -2.43. The molecular formula is C12H14N4O2S2. The molecule has 2 rings (SSSR count). The molecule has 1 aromatic heterocycles. The first-order valence-corrected chi connectivity index (χ1v) is 7.58. The number of anilines is 1. The lowest BCUT2D eigenvalue weighted by Gasteiger charge is -2.24. The largest absolute Gasteiger partial charge is 0.375 e. The van der Waals surface area contributed by atoms with Crippen LogP contribution in [0, 0.1) is 0 Å². The summed E-state index contributed by atoms with van der Waals surface area (Å²) in [6.07, 6.45) is 0. The fourth-order valence-corrected chi connectivity index (χ4v) is 3.37. The normalized spacial score (nSPS) is 13.7. The van der Waals surface area contributed by atoms with Crippen molar-refractivity contribution >= 4 is 34.1 Å². The number of amides is 1. The first kappa shape index (κ1) is 14.8. The molecule has 0 spiro atoms. The number of hydrogen-bond acceptors (Lipinski definition) is 7. The maximum absolute atomic E-state index is 11.6. The minimum absolute atomic E-state index is 0.0880. The van der Waals surface area contributed by atoms with Crippen LogP contribution in [0.1, 0.15) is 5.56 Å². The van der Waals surface area contributed by atoms with Gasteiger partial charge in [-0.15, -0.1) is 10.2 Å². The van der Waals surface area contributed by atoms with Crippen LogP contribution in [0.15, 0.2) is 34.7 Å². The molecule has 0 aliphatic heterocycles. The summed E-state index contributed by atoms with van der Waals surface area (Å²) in [7, 11) is 1.75. The summed E-state index contributed by atoms with van der Waals surface area (Å²) in [5.74, 6) is -0.695. The van der Waals surface area contributed by atoms with Crippen molar-refractivity contribution in [1.29, 1.82) is 0 Å². The zero-order valence-corrected chi connectivity index (χ0v) is 12.4. The molecule has 0 fully saturated rings. The van der Waals surface area contributed by atoms with Gasteiger partial charge in [-0.3, -0.25) is 4.79 Å². The quantitative estimate of drug-likeness (QED) is 0.689. The SMILES string of the molecule is CNc1nnc(SCC(O)(C(N)=O)c2ccccc2)s1. The van der Waals surface area contributed by atoms with Gasteiger partial charge in [-0.2, -0.15) is 0 Å². The van der Waals surface area contributed by atoms with E-state index in [9.17, 15) is 9.90 Å². The molecule has 0 radical (unpaired) electrons. The van der Waals surface area contributed by atoms with Gasteiger partial charge in [0.1, 0.15) is 0 Å². The molecule has 0 saturated carbocycles. The molecule has 8 heteroatoms. The summed E-state index contributed by atoms with van der Waals surface area (Å²) in [5, 5.41) is 21.9. The van der Waals surface area contributed by atoms with Crippen molar-refractivity contribution in [3.63, 3.8) is 0 Å². The molecule has 1 aromatic carbocycles. The van der Waals surface area contributed by atoms with Crippen LogP contribution in [-0.2, 0) is 10.4 Å². The summed E-state index contributed by atoms with van der Waals surface area (Å²) >= 11 is 2.59. The zero-order valence-electron chi connectivity index (χ0n) is 10.7. The van der Waals surface area contributed by atoms with E-state index >= 15 is 0 Å². The van der Waals surface area contributed by atoms with Crippen molar-refractivity contribution in [2.24, 2.45) is 5.73 Å². The molecular weight excluding hydrogens is 296 g/mol. The third kappa shape index (κ3) is 3.09. The highest BCUT2D eigenvalue weighted by atomic mass is 32.2. The Labute approximate surface area is 124 Å². The lowest BCUT2D eigenvalue weighted by atomic mass is 9.95. The highest BCUT2D eigenvalue weighted by Gasteiger charge is 2.36. The van der Waals surface area contributed by atoms with E-state index in [1.54, 1.807) is 31.3 Å². The molecule has 106 valence electrons. The molecule has 1 heterocycles. The Kier molecular flexibility index (Phi) is 4.58. The molecule has 0 aliphatic carbocycles. The fourth-order valence-electron chi connectivity index (χ4n) is 1.55. The van der Waals surface area contributed by atoms with Gasteiger partial charge in [0.2, 0.25) is 5.13 Å². The van der Waals surface area contributed by atoms with Gasteiger partial charge in [-0.1, -0.05) is 53.4 Å². The molecule has 4 N–H and O–H groups in total. The number of nitrogens with two attached hydrogens (primary N) is 1. The number of carbonyl (C=O) groups is 1. The van der Waals surface area contributed by atoms with E-state index in [1.807, 2.05) is 6.07 Å². The van der Waals surface area contributed by atoms with E-state index < -0.39 is 11.5 Å². The number of primary amides is 1. The maximum atomic E-state index is 11.6. The molecule has 0 bridgehead atoms. The second-order valence-electron chi connectivity index (χ2n) is 4.00. The van der Waals surface area contributed by atoms with Crippen molar-refractivity contribution in [2.75, 3.05) is 18.1 Å². The number of nitrogens with zero attached hydrogens (tertiary/aromatic N) is 2. The minimum atomic E-state index is -1.72. The number of hydrogen-bond donors (Lipinski definition) is 3. The Hall–Kier alpha value is -1.64. The van der Waals surface area contributed by atoms with Gasteiger partial charge >= 0.3 is 0 Å². The molecule has 0 aliphatic rings. The summed E-state index contributed by atoms with van der Waals surface area (Å²) in [6.45, 7) is 0. The third-order valence-electron chi connectivity index (χ3n) is 2.68. The van der Waals surface area contributed by atoms with E-state index in [0.29, 0.717) is 15.0 Å². The van der Waals surface area contributed by atoms with Crippen LogP contribution in [0.5, 0.6) is 0 Å². The Bertz CT molecular complexity index is 590. The predicted molar refractivity (Wildman–Crippen MR) is 79.7 cm³/mol. The first-order valence-electron chi connectivity index (χ1n) is 5.78. The topological polar surface area (TPSA) is 101 Å². The summed E-state index contributed by atoms with van der Waals surface area (Å²) in [5.41, 5.74) is 4.10. The highest BCUT2D eigenvalue weighted by molar-refractivity contribution is 8.01. The van der Waals surface area contributed by atoms with Gasteiger partial charge in [-0.05, 0) is 5.56 Å². The van der Waals surface area contributed by atoms with Crippen LogP contribution < -0.4 is 11.1 Å². The van der Waals surface area contributed by atoms with Gasteiger partial charge < -0.3 is 16.2 Å². The smallest absolute Gasteiger partial charge is 0.254 e. The van der Waals surface area contributed by atoms with Crippen molar-refractivity contribution in [1.82, 2.24) is 10.2 Å². The summed E-state index contributed by atoms with van der Waals surface area (Å²) in [6, 6.07) is 8.65. The number of nitrogens with one attached hydrogen (secondary N) is 1. The maximum Gasteiger partial charge on any atom is 0.254 e. The van der Waals surface area contributed by atoms with Crippen molar-refractivity contribution in [3.8, 4) is 0 Å². The third-order valence-corrected chi connectivity index (χ3v) is 4.91. The van der Waals surface area contributed by atoms with Gasteiger partial charge in [0.05, 0.1) is 0 Å². The predicted octanol–water partition coefficient (Wildman–Crippen LogP) is 1.04. The Morgan fingerprint density at radius 2 is 2.15 bits per heavy atom. The van der Waals surface area contributed by atoms with Crippen LogP contribution in [0.4, 0.5) is 5.13 Å². The second kappa shape index (κ2) is 6.21. The highest BCUT2D eigenvalue weighted by Crippen LogP contribution is 2.32. The Balaban J connectivity index is 2.16. The van der Waals surface area contributed by atoms with E-state index in [0.717, 1.165) is 0 Å². The average molecular weight is 310 g/mol. The minimum Gasteiger partial charge on any atom is -0.375 e. The van der Waals surface area contributed by atoms with Gasteiger partial charge in [0.25, 0.3) is 5.91 Å². The van der Waals surface area contributed by atoms with Crippen molar-refractivity contribution < 1.29 is 9.90 Å². The molecule has 1 amide bonds. The summed E-state index contributed by atoms with van der Waals surface area (Å²) < 4.78 is 0.657. The lowest BCUT2D eigenvalue weighted by molar-refractivity contribution is -0.134. The van der Waals surface area contributed by atoms with E-state index in [4.69, 9.17) is 5.73 Å². The average Bonchev–Trinajstić information content (AvgIpc) is 2.93. The van der Waals surface area contributed by atoms with Crippen LogP contribution >= 0.6 is 23.1 Å². The summed E-state index contributed by atoms with van der Waals surface area (Å²) in [4.78, 5) is 11.6. The number of aliphatic hydroxyl groups is 1. The molecule has 2 aromatic rings. The van der Waals surface area contributed by atoms with Crippen LogP contribution in [0.25, 0.3) is 0 Å². The molecule has 0 saturated heterocycles. The number of benzene rings is 1. The fraction of sp³-hybridized carbons (Fsp3) is 0.250. The van der Waals surface area contributed by atoms with E-state index in [-0.39, 0.29) is 5.75 Å². The molecule has 20 heavy (non-hydrogen) atoms. The number of carbonyl (C=O) groups excluding carboxylic acids is 1. The molecule has 6 nitrogen and oxygen atoms in total. The number of rotatable bonds is 6. The standard InChI is InChI=1S/C12H14N4O2S2/c1-14-10-15-16-11(20-10)19-7-12(18,9(13)17)8-5-3-2-4-6-8/h2-6,18H,7H2,1H3,(H2,13,17)(H,14,15). The van der Waals surface area contributed by atoms with Crippen LogP contribution in [-0.4, -0.2) is 34.0 Å². The van der Waals surface area contributed by atoms with E-state index in [1.165, 1.54) is 23.1 Å². The van der Waals surface area contributed by atoms with Crippen molar-refractivity contribution in [2.45, 2.75) is 9.94 Å². The van der Waals surface area contributed by atoms with Crippen molar-refractivity contribution in [3.05, 3.63) is 35.9 Å². The Morgan fingerprint density at radius 3 is 2.70 bits per heavy atom. The number of thioether (sulfide) groups is 1. The first-order chi connectivity index (χ1) is 9.56.